The number of ketones is 1. The van der Waals surface area contributed by atoms with Crippen molar-refractivity contribution < 1.29 is 14.7 Å². The van der Waals surface area contributed by atoms with Crippen LogP contribution >= 0.6 is 11.6 Å². The molecule has 1 atom stereocenters. The molecular formula is C19H18ClNO3. The second-order valence-electron chi connectivity index (χ2n) is 6.38. The van der Waals surface area contributed by atoms with Crippen LogP contribution in [0.3, 0.4) is 0 Å². The van der Waals surface area contributed by atoms with Crippen molar-refractivity contribution in [2.75, 3.05) is 5.32 Å². The van der Waals surface area contributed by atoms with Crippen LogP contribution < -0.4 is 5.32 Å². The lowest BCUT2D eigenvalue weighted by atomic mass is 9.85. The van der Waals surface area contributed by atoms with Crippen LogP contribution in [0.1, 0.15) is 39.0 Å². The zero-order valence-electron chi connectivity index (χ0n) is 13.7. The minimum absolute atomic E-state index is 0.268. The fraction of sp³-hybridized carbons (Fsp3) is 0.263. The van der Waals surface area contributed by atoms with E-state index in [9.17, 15) is 14.7 Å². The van der Waals surface area contributed by atoms with Crippen molar-refractivity contribution in [1.29, 1.82) is 0 Å². The van der Waals surface area contributed by atoms with Crippen molar-refractivity contribution in [3.8, 4) is 0 Å². The van der Waals surface area contributed by atoms with E-state index in [1.54, 1.807) is 12.1 Å². The maximum Gasteiger partial charge on any atom is 0.261 e. The van der Waals surface area contributed by atoms with E-state index in [1.807, 2.05) is 32.9 Å². The Bertz CT molecular complexity index is 852. The number of halogens is 1. The van der Waals surface area contributed by atoms with E-state index in [0.717, 1.165) is 16.7 Å². The molecule has 2 N–H and O–H groups in total. The second kappa shape index (κ2) is 5.72. The van der Waals surface area contributed by atoms with Gasteiger partial charge < -0.3 is 10.4 Å². The smallest absolute Gasteiger partial charge is 0.261 e. The molecule has 0 bridgehead atoms. The summed E-state index contributed by atoms with van der Waals surface area (Å²) in [5, 5.41) is 13.9. The van der Waals surface area contributed by atoms with E-state index < -0.39 is 11.5 Å². The minimum atomic E-state index is -1.90. The number of hydrogen-bond acceptors (Lipinski definition) is 3. The standard InChI is InChI=1S/C19H18ClNO3/c1-10-6-11(2)17(12(3)7-10)16(22)9-19(24)14-8-13(20)4-5-15(14)21-18(19)23/h4-8,24H,9H2,1-3H3,(H,21,23)/t19-/m0/s1. The van der Waals surface area contributed by atoms with Gasteiger partial charge >= 0.3 is 0 Å². The number of benzene rings is 2. The molecule has 0 aliphatic carbocycles. The highest BCUT2D eigenvalue weighted by atomic mass is 35.5. The molecule has 2 aromatic rings. The Hall–Kier alpha value is -2.17. The van der Waals surface area contributed by atoms with Gasteiger partial charge in [0.05, 0.1) is 6.42 Å². The van der Waals surface area contributed by atoms with E-state index in [-0.39, 0.29) is 12.2 Å². The third-order valence-electron chi connectivity index (χ3n) is 4.42. The Labute approximate surface area is 145 Å². The van der Waals surface area contributed by atoms with E-state index in [4.69, 9.17) is 11.6 Å². The van der Waals surface area contributed by atoms with Crippen LogP contribution in [0.2, 0.25) is 5.02 Å². The highest BCUT2D eigenvalue weighted by Gasteiger charge is 2.47. The molecule has 1 aliphatic rings. The SMILES string of the molecule is Cc1cc(C)c(C(=O)C[C@@]2(O)C(=O)Nc3ccc(Cl)cc32)c(C)c1. The molecular weight excluding hydrogens is 326 g/mol. The first-order chi connectivity index (χ1) is 11.2. The molecule has 1 amide bonds. The number of fused-ring (bicyclic) bond motifs is 1. The van der Waals surface area contributed by atoms with E-state index >= 15 is 0 Å². The van der Waals surface area contributed by atoms with Gasteiger partial charge in [-0.15, -0.1) is 0 Å². The first-order valence-corrected chi connectivity index (χ1v) is 8.05. The van der Waals surface area contributed by atoms with Crippen LogP contribution in [0.15, 0.2) is 30.3 Å². The lowest BCUT2D eigenvalue weighted by molar-refractivity contribution is -0.133. The van der Waals surface area contributed by atoms with Gasteiger partial charge in [-0.3, -0.25) is 9.59 Å². The van der Waals surface area contributed by atoms with E-state index in [1.165, 1.54) is 6.07 Å². The molecule has 4 nitrogen and oxygen atoms in total. The third kappa shape index (κ3) is 2.62. The first kappa shape index (κ1) is 16.7. The van der Waals surface area contributed by atoms with Crippen molar-refractivity contribution in [2.24, 2.45) is 0 Å². The summed E-state index contributed by atoms with van der Waals surface area (Å²) in [6.07, 6.45) is -0.323. The Morgan fingerprint density at radius 1 is 1.17 bits per heavy atom. The fourth-order valence-electron chi connectivity index (χ4n) is 3.43. The molecule has 0 radical (unpaired) electrons. The van der Waals surface area contributed by atoms with Crippen molar-refractivity contribution in [1.82, 2.24) is 0 Å². The fourth-order valence-corrected chi connectivity index (χ4v) is 3.60. The Balaban J connectivity index is 2.01. The number of Topliss-reactive ketones (excluding diaryl/α,β-unsaturated/α-hetero) is 1. The zero-order valence-corrected chi connectivity index (χ0v) is 14.5. The number of aliphatic hydroxyl groups is 1. The predicted molar refractivity (Wildman–Crippen MR) is 93.6 cm³/mol. The van der Waals surface area contributed by atoms with Gasteiger partial charge in [-0.1, -0.05) is 29.3 Å². The summed E-state index contributed by atoms with van der Waals surface area (Å²) >= 11 is 5.98. The van der Waals surface area contributed by atoms with Gasteiger partial charge in [0, 0.05) is 21.8 Å². The maximum atomic E-state index is 12.8. The monoisotopic (exact) mass is 343 g/mol. The molecule has 1 heterocycles. The van der Waals surface area contributed by atoms with Gasteiger partial charge in [-0.05, 0) is 50.1 Å². The molecule has 2 aromatic carbocycles. The highest BCUT2D eigenvalue weighted by molar-refractivity contribution is 6.31. The predicted octanol–water partition coefficient (Wildman–Crippen LogP) is 3.68. The number of carbonyl (C=O) groups excluding carboxylic acids is 2. The van der Waals surface area contributed by atoms with Crippen LogP contribution in [0.4, 0.5) is 5.69 Å². The Morgan fingerprint density at radius 3 is 2.42 bits per heavy atom. The van der Waals surface area contributed by atoms with Crippen molar-refractivity contribution in [3.05, 3.63) is 63.2 Å². The third-order valence-corrected chi connectivity index (χ3v) is 4.66. The number of anilines is 1. The van der Waals surface area contributed by atoms with E-state index in [0.29, 0.717) is 21.8 Å². The van der Waals surface area contributed by atoms with Crippen LogP contribution in [-0.2, 0) is 10.4 Å². The topological polar surface area (TPSA) is 66.4 Å². The Kier molecular flexibility index (Phi) is 3.98. The molecule has 5 heteroatoms. The Morgan fingerprint density at radius 2 is 1.79 bits per heavy atom. The molecule has 0 unspecified atom stereocenters. The number of hydrogen-bond donors (Lipinski definition) is 2. The molecule has 24 heavy (non-hydrogen) atoms. The van der Waals surface area contributed by atoms with Crippen molar-refractivity contribution in [2.45, 2.75) is 32.8 Å². The summed E-state index contributed by atoms with van der Waals surface area (Å²) in [5.74, 6) is -0.869. The van der Waals surface area contributed by atoms with Crippen molar-refractivity contribution in [3.63, 3.8) is 0 Å². The number of nitrogens with one attached hydrogen (secondary N) is 1. The zero-order chi connectivity index (χ0) is 17.6. The maximum absolute atomic E-state index is 12.8. The summed E-state index contributed by atoms with van der Waals surface area (Å²) < 4.78 is 0. The summed E-state index contributed by atoms with van der Waals surface area (Å²) in [6.45, 7) is 5.68. The van der Waals surface area contributed by atoms with E-state index in [2.05, 4.69) is 5.32 Å². The van der Waals surface area contributed by atoms with Crippen molar-refractivity contribution >= 4 is 29.0 Å². The lowest BCUT2D eigenvalue weighted by Crippen LogP contribution is -2.36. The molecule has 0 saturated carbocycles. The summed E-state index contributed by atoms with van der Waals surface area (Å²) in [5.41, 5.74) is 2.22. The van der Waals surface area contributed by atoms with Gasteiger partial charge in [-0.25, -0.2) is 0 Å². The van der Waals surface area contributed by atoms with Gasteiger partial charge in [0.2, 0.25) is 0 Å². The number of carbonyl (C=O) groups is 2. The number of rotatable bonds is 3. The highest BCUT2D eigenvalue weighted by Crippen LogP contribution is 2.40. The van der Waals surface area contributed by atoms with Gasteiger partial charge in [-0.2, -0.15) is 0 Å². The molecule has 0 spiro atoms. The van der Waals surface area contributed by atoms with Crippen LogP contribution in [-0.4, -0.2) is 16.8 Å². The number of amides is 1. The second-order valence-corrected chi connectivity index (χ2v) is 6.81. The largest absolute Gasteiger partial charge is 0.375 e. The van der Waals surface area contributed by atoms with Gasteiger partial charge in [0.1, 0.15) is 0 Å². The summed E-state index contributed by atoms with van der Waals surface area (Å²) in [6, 6.07) is 8.62. The molecule has 0 aromatic heterocycles. The first-order valence-electron chi connectivity index (χ1n) is 7.67. The minimum Gasteiger partial charge on any atom is -0.375 e. The van der Waals surface area contributed by atoms with Crippen LogP contribution in [0, 0.1) is 20.8 Å². The normalized spacial score (nSPS) is 19.1. The number of aryl methyl sites for hydroxylation is 3. The molecule has 3 rings (SSSR count). The molecule has 1 aliphatic heterocycles. The van der Waals surface area contributed by atoms with Crippen LogP contribution in [0.25, 0.3) is 0 Å². The average Bonchev–Trinajstić information content (AvgIpc) is 2.69. The van der Waals surface area contributed by atoms with Crippen LogP contribution in [0.5, 0.6) is 0 Å². The molecule has 0 fully saturated rings. The summed E-state index contributed by atoms with van der Waals surface area (Å²) in [4.78, 5) is 25.1. The van der Waals surface area contributed by atoms with Gasteiger partial charge in [0.15, 0.2) is 11.4 Å². The summed E-state index contributed by atoms with van der Waals surface area (Å²) in [7, 11) is 0. The lowest BCUT2D eigenvalue weighted by Gasteiger charge is -2.21. The van der Waals surface area contributed by atoms with Gasteiger partial charge in [0.25, 0.3) is 5.91 Å². The quantitative estimate of drug-likeness (QED) is 0.835. The molecule has 124 valence electrons. The molecule has 0 saturated heterocycles. The average molecular weight is 344 g/mol.